The van der Waals surface area contributed by atoms with Gasteiger partial charge in [-0.25, -0.2) is 4.98 Å². The first kappa shape index (κ1) is 23.8. The molecule has 1 unspecified atom stereocenters. The van der Waals surface area contributed by atoms with E-state index >= 15 is 0 Å². The molecule has 0 aromatic carbocycles. The van der Waals surface area contributed by atoms with E-state index in [4.69, 9.17) is 11.5 Å². The van der Waals surface area contributed by atoms with Crippen molar-refractivity contribution in [2.24, 2.45) is 11.5 Å². The Morgan fingerprint density at radius 1 is 1.28 bits per heavy atom. The molecule has 0 aliphatic carbocycles. The number of rotatable bonds is 8. The molecule has 1 rings (SSSR count). The number of ether oxygens (including phenoxy) is 1. The second-order valence-corrected chi connectivity index (χ2v) is 6.12. The molecule has 0 spiro atoms. The molecule has 1 aromatic heterocycles. The molecule has 0 fully saturated rings. The number of aryl methyl sites for hydroxylation is 1. The molecule has 29 heavy (non-hydrogen) atoms. The van der Waals surface area contributed by atoms with Crippen molar-refractivity contribution in [2.45, 2.75) is 39.4 Å². The number of alkyl halides is 3. The van der Waals surface area contributed by atoms with Gasteiger partial charge in [-0.05, 0) is 43.7 Å². The minimum absolute atomic E-state index is 0.199. The molecule has 0 bridgehead atoms. The molecule has 2 amide bonds. The van der Waals surface area contributed by atoms with Crippen LogP contribution in [0, 0.1) is 6.92 Å². The normalized spacial score (nSPS) is 13.6. The third-order valence-corrected chi connectivity index (χ3v) is 3.50. The van der Waals surface area contributed by atoms with Gasteiger partial charge in [-0.1, -0.05) is 6.92 Å². The van der Waals surface area contributed by atoms with E-state index in [1.807, 2.05) is 0 Å². The maximum absolute atomic E-state index is 12.2. The van der Waals surface area contributed by atoms with Gasteiger partial charge in [0.1, 0.15) is 5.82 Å². The lowest BCUT2D eigenvalue weighted by Gasteiger charge is -2.16. The molecular formula is C18H24F3N5O3. The first-order chi connectivity index (χ1) is 13.4. The summed E-state index contributed by atoms with van der Waals surface area (Å²) in [5.41, 5.74) is 11.9. The van der Waals surface area contributed by atoms with E-state index in [0.717, 1.165) is 12.2 Å². The topological polar surface area (TPSA) is 132 Å². The molecule has 0 radical (unpaired) electrons. The quantitative estimate of drug-likeness (QED) is 0.292. The fourth-order valence-corrected chi connectivity index (χ4v) is 2.06. The lowest BCUT2D eigenvalue weighted by molar-refractivity contribution is -0.165. The first-order valence-corrected chi connectivity index (χ1v) is 8.63. The number of nitrogens with one attached hydrogen (secondary N) is 2. The molecule has 0 saturated carbocycles. The number of hydrogen-bond donors (Lipinski definition) is 4. The van der Waals surface area contributed by atoms with Gasteiger partial charge in [0.15, 0.2) is 12.5 Å². The summed E-state index contributed by atoms with van der Waals surface area (Å²) in [5.74, 6) is -1.04. The zero-order chi connectivity index (χ0) is 22.2. The van der Waals surface area contributed by atoms with Crippen molar-refractivity contribution >= 4 is 17.6 Å². The monoisotopic (exact) mass is 415 g/mol. The van der Waals surface area contributed by atoms with Crippen LogP contribution in [0.4, 0.5) is 19.0 Å². The van der Waals surface area contributed by atoms with Crippen LogP contribution in [0.25, 0.3) is 0 Å². The SMILES string of the molecule is CCC(=O)Nc1cc(C(C)NC(=O)/C(N)=C/C=C(\N)OCC(F)(F)F)cc(C)n1. The van der Waals surface area contributed by atoms with Crippen LogP contribution in [-0.4, -0.2) is 29.6 Å². The number of carbonyl (C=O) groups excluding carboxylic acids is 2. The maximum atomic E-state index is 12.2. The number of nitrogens with two attached hydrogens (primary N) is 2. The van der Waals surface area contributed by atoms with Gasteiger partial charge >= 0.3 is 6.18 Å². The van der Waals surface area contributed by atoms with Crippen LogP contribution in [0.2, 0.25) is 0 Å². The van der Waals surface area contributed by atoms with Crippen LogP contribution in [0.3, 0.4) is 0 Å². The molecule has 8 nitrogen and oxygen atoms in total. The zero-order valence-electron chi connectivity index (χ0n) is 16.3. The number of nitrogens with zero attached hydrogens (tertiary/aromatic N) is 1. The number of anilines is 1. The van der Waals surface area contributed by atoms with Gasteiger partial charge in [0.05, 0.1) is 11.7 Å². The van der Waals surface area contributed by atoms with Crippen LogP contribution in [-0.2, 0) is 14.3 Å². The molecular weight excluding hydrogens is 391 g/mol. The smallest absolute Gasteiger partial charge is 0.422 e. The van der Waals surface area contributed by atoms with Gasteiger partial charge in [0.25, 0.3) is 5.91 Å². The van der Waals surface area contributed by atoms with E-state index in [1.54, 1.807) is 32.9 Å². The Labute approximate surface area is 166 Å². The van der Waals surface area contributed by atoms with E-state index in [1.165, 1.54) is 0 Å². The summed E-state index contributed by atoms with van der Waals surface area (Å²) in [5, 5.41) is 5.28. The molecule has 160 valence electrons. The third-order valence-electron chi connectivity index (χ3n) is 3.50. The summed E-state index contributed by atoms with van der Waals surface area (Å²) >= 11 is 0. The van der Waals surface area contributed by atoms with Crippen LogP contribution < -0.4 is 22.1 Å². The number of hydrogen-bond acceptors (Lipinski definition) is 6. The van der Waals surface area contributed by atoms with Gasteiger partial charge in [0.2, 0.25) is 5.91 Å². The first-order valence-electron chi connectivity index (χ1n) is 8.63. The standard InChI is InChI=1S/C18H24F3N5O3/c1-4-16(27)26-15-8-12(7-10(2)24-15)11(3)25-17(28)13(22)5-6-14(23)29-9-18(19,20)21/h5-8,11H,4,9,22-23H2,1-3H3,(H,25,28)(H,24,26,27)/b13-5-,14-6+. The Morgan fingerprint density at radius 3 is 2.52 bits per heavy atom. The van der Waals surface area contributed by atoms with Crippen LogP contribution >= 0.6 is 0 Å². The summed E-state index contributed by atoms with van der Waals surface area (Å²) in [6.07, 6.45) is -2.24. The van der Waals surface area contributed by atoms with Crippen molar-refractivity contribution in [1.29, 1.82) is 0 Å². The minimum atomic E-state index is -4.53. The van der Waals surface area contributed by atoms with Gasteiger partial charge in [-0.3, -0.25) is 9.59 Å². The van der Waals surface area contributed by atoms with Crippen molar-refractivity contribution < 1.29 is 27.5 Å². The number of aromatic nitrogens is 1. The largest absolute Gasteiger partial charge is 0.470 e. The number of amides is 2. The highest BCUT2D eigenvalue weighted by molar-refractivity contribution is 5.93. The lowest BCUT2D eigenvalue weighted by atomic mass is 10.1. The highest BCUT2D eigenvalue weighted by Gasteiger charge is 2.28. The lowest BCUT2D eigenvalue weighted by Crippen LogP contribution is -2.31. The maximum Gasteiger partial charge on any atom is 0.422 e. The molecule has 1 atom stereocenters. The molecule has 11 heteroatoms. The van der Waals surface area contributed by atoms with E-state index in [2.05, 4.69) is 20.4 Å². The Balaban J connectivity index is 2.79. The highest BCUT2D eigenvalue weighted by Crippen LogP contribution is 2.18. The second-order valence-electron chi connectivity index (χ2n) is 6.12. The highest BCUT2D eigenvalue weighted by atomic mass is 19.4. The summed E-state index contributed by atoms with van der Waals surface area (Å²) in [4.78, 5) is 27.9. The van der Waals surface area contributed by atoms with Crippen molar-refractivity contribution in [1.82, 2.24) is 10.3 Å². The Bertz CT molecular complexity index is 806. The van der Waals surface area contributed by atoms with Crippen LogP contribution in [0.15, 0.2) is 35.9 Å². The number of pyridine rings is 1. The predicted molar refractivity (Wildman–Crippen MR) is 101 cm³/mol. The minimum Gasteiger partial charge on any atom is -0.470 e. The van der Waals surface area contributed by atoms with Crippen molar-refractivity contribution in [2.75, 3.05) is 11.9 Å². The summed E-state index contributed by atoms with van der Waals surface area (Å²) < 4.78 is 40.5. The van der Waals surface area contributed by atoms with E-state index in [9.17, 15) is 22.8 Å². The average molecular weight is 415 g/mol. The zero-order valence-corrected chi connectivity index (χ0v) is 16.3. The number of carbonyl (C=O) groups is 2. The molecule has 0 aliphatic heterocycles. The molecule has 0 saturated heterocycles. The Hall–Kier alpha value is -3.24. The fourth-order valence-electron chi connectivity index (χ4n) is 2.06. The van der Waals surface area contributed by atoms with Gasteiger partial charge in [-0.15, -0.1) is 0 Å². The van der Waals surface area contributed by atoms with Crippen molar-refractivity contribution in [3.05, 3.63) is 47.1 Å². The molecule has 1 aromatic rings. The van der Waals surface area contributed by atoms with Gasteiger partial charge in [0, 0.05) is 12.1 Å². The van der Waals surface area contributed by atoms with Crippen molar-refractivity contribution in [3.8, 4) is 0 Å². The summed E-state index contributed by atoms with van der Waals surface area (Å²) in [6, 6.07) is 2.86. The summed E-state index contributed by atoms with van der Waals surface area (Å²) in [6.45, 7) is 3.59. The van der Waals surface area contributed by atoms with E-state index in [-0.39, 0.29) is 11.6 Å². The Morgan fingerprint density at radius 2 is 1.93 bits per heavy atom. The Kier molecular flexibility index (Phi) is 8.49. The fraction of sp³-hybridized carbons (Fsp3) is 0.389. The second kappa shape index (κ2) is 10.3. The average Bonchev–Trinajstić information content (AvgIpc) is 2.62. The van der Waals surface area contributed by atoms with Gasteiger partial charge < -0.3 is 26.8 Å². The van der Waals surface area contributed by atoms with E-state index < -0.39 is 30.6 Å². The molecule has 0 aliphatic rings. The summed E-state index contributed by atoms with van der Waals surface area (Å²) in [7, 11) is 0. The van der Waals surface area contributed by atoms with E-state index in [0.29, 0.717) is 23.5 Å². The van der Waals surface area contributed by atoms with Crippen molar-refractivity contribution in [3.63, 3.8) is 0 Å². The third kappa shape index (κ3) is 9.00. The molecule has 1 heterocycles. The van der Waals surface area contributed by atoms with Gasteiger partial charge in [-0.2, -0.15) is 13.2 Å². The van der Waals surface area contributed by atoms with Crippen LogP contribution in [0.5, 0.6) is 0 Å². The molecule has 6 N–H and O–H groups in total. The predicted octanol–water partition coefficient (Wildman–Crippen LogP) is 2.14. The van der Waals surface area contributed by atoms with Crippen LogP contribution in [0.1, 0.15) is 37.6 Å². The number of allylic oxidation sites excluding steroid dienone is 2. The number of halogens is 3.